The number of benzene rings is 1. The predicted molar refractivity (Wildman–Crippen MR) is 71.2 cm³/mol. The van der Waals surface area contributed by atoms with Gasteiger partial charge in [-0.25, -0.2) is 0 Å². The molecule has 0 bridgehead atoms. The molecule has 1 aromatic carbocycles. The lowest BCUT2D eigenvalue weighted by atomic mass is 9.94. The lowest BCUT2D eigenvalue weighted by Gasteiger charge is -2.33. The number of hydrogen-bond acceptors (Lipinski definition) is 2. The SMILES string of the molecule is OC(F)(C(F)(F)F)C(F)(F)c1cc(I)cc(C(F)(F)C(O)(F)C(F)(F)F)c1. The van der Waals surface area contributed by atoms with Crippen molar-refractivity contribution in [2.24, 2.45) is 0 Å². The largest absolute Gasteiger partial charge is 0.455 e. The van der Waals surface area contributed by atoms with E-state index >= 15 is 0 Å². The van der Waals surface area contributed by atoms with Gasteiger partial charge in [0, 0.05) is 14.7 Å². The van der Waals surface area contributed by atoms with Crippen molar-refractivity contribution in [2.75, 3.05) is 0 Å². The summed E-state index contributed by atoms with van der Waals surface area (Å²) >= 11 is 0.872. The van der Waals surface area contributed by atoms with Crippen molar-refractivity contribution in [3.05, 3.63) is 32.9 Å². The fourth-order valence-electron chi connectivity index (χ4n) is 1.69. The van der Waals surface area contributed by atoms with E-state index < -0.39 is 56.7 Å². The van der Waals surface area contributed by atoms with Crippen LogP contribution in [0.4, 0.5) is 52.7 Å². The highest BCUT2D eigenvalue weighted by Crippen LogP contribution is 2.52. The highest BCUT2D eigenvalue weighted by atomic mass is 127. The van der Waals surface area contributed by atoms with Crippen LogP contribution in [0, 0.1) is 3.57 Å². The minimum Gasteiger partial charge on any atom is -0.350 e. The molecule has 0 spiro atoms. The van der Waals surface area contributed by atoms with Crippen LogP contribution in [-0.4, -0.2) is 34.3 Å². The Morgan fingerprint density at radius 1 is 0.556 bits per heavy atom. The molecular formula is C12H5F12IO2. The first kappa shape index (κ1) is 24.1. The Labute approximate surface area is 154 Å². The summed E-state index contributed by atoms with van der Waals surface area (Å²) in [6.45, 7) is 0. The zero-order valence-electron chi connectivity index (χ0n) is 12.0. The van der Waals surface area contributed by atoms with Crippen LogP contribution in [-0.2, 0) is 11.8 Å². The second kappa shape index (κ2) is 6.53. The molecule has 0 amide bonds. The molecule has 0 saturated heterocycles. The smallest absolute Gasteiger partial charge is 0.350 e. The predicted octanol–water partition coefficient (Wildman–Crippen LogP) is 4.92. The molecule has 2 N–H and O–H groups in total. The molecule has 2 atom stereocenters. The van der Waals surface area contributed by atoms with E-state index in [1.54, 1.807) is 0 Å². The lowest BCUT2D eigenvalue weighted by molar-refractivity contribution is -0.392. The Morgan fingerprint density at radius 3 is 1.04 bits per heavy atom. The van der Waals surface area contributed by atoms with Crippen molar-refractivity contribution in [3.63, 3.8) is 0 Å². The van der Waals surface area contributed by atoms with Gasteiger partial charge in [-0.05, 0) is 40.8 Å². The van der Waals surface area contributed by atoms with Crippen LogP contribution in [0.3, 0.4) is 0 Å². The summed E-state index contributed by atoms with van der Waals surface area (Å²) in [6.07, 6.45) is -13.3. The van der Waals surface area contributed by atoms with Gasteiger partial charge in [-0.15, -0.1) is 0 Å². The molecule has 156 valence electrons. The minimum atomic E-state index is -6.63. The third-order valence-corrected chi connectivity index (χ3v) is 3.83. The number of rotatable bonds is 4. The third kappa shape index (κ3) is 3.81. The van der Waals surface area contributed by atoms with Gasteiger partial charge in [-0.2, -0.15) is 52.7 Å². The first-order valence-electron chi connectivity index (χ1n) is 6.14. The molecular weight excluding hydrogens is 531 g/mol. The Morgan fingerprint density at radius 2 is 0.815 bits per heavy atom. The summed E-state index contributed by atoms with van der Waals surface area (Å²) < 4.78 is 154. The van der Waals surface area contributed by atoms with Crippen molar-refractivity contribution in [2.45, 2.75) is 35.9 Å². The molecule has 0 radical (unpaired) electrons. The highest BCUT2D eigenvalue weighted by molar-refractivity contribution is 14.1. The normalized spacial score (nSPS) is 18.8. The molecule has 0 aromatic heterocycles. The van der Waals surface area contributed by atoms with Crippen molar-refractivity contribution < 1.29 is 62.9 Å². The Balaban J connectivity index is 3.67. The molecule has 27 heavy (non-hydrogen) atoms. The number of alkyl halides is 12. The highest BCUT2D eigenvalue weighted by Gasteiger charge is 2.73. The second-order valence-corrected chi connectivity index (χ2v) is 6.36. The molecule has 2 nitrogen and oxygen atoms in total. The van der Waals surface area contributed by atoms with Crippen molar-refractivity contribution >= 4 is 22.6 Å². The van der Waals surface area contributed by atoms with Gasteiger partial charge in [0.05, 0.1) is 0 Å². The van der Waals surface area contributed by atoms with Crippen LogP contribution < -0.4 is 0 Å². The van der Waals surface area contributed by atoms with Gasteiger partial charge in [-0.3, -0.25) is 0 Å². The van der Waals surface area contributed by atoms with Crippen molar-refractivity contribution in [1.82, 2.24) is 0 Å². The fourth-order valence-corrected chi connectivity index (χ4v) is 2.36. The van der Waals surface area contributed by atoms with Crippen molar-refractivity contribution in [3.8, 4) is 0 Å². The summed E-state index contributed by atoms with van der Waals surface area (Å²) in [7, 11) is 0. The van der Waals surface area contributed by atoms with E-state index in [0.29, 0.717) is 0 Å². The average molecular weight is 536 g/mol. The zero-order valence-corrected chi connectivity index (χ0v) is 14.2. The molecule has 0 heterocycles. The lowest BCUT2D eigenvalue weighted by Crippen LogP contribution is -2.54. The summed E-state index contributed by atoms with van der Waals surface area (Å²) in [4.78, 5) is 0. The standard InChI is InChI=1S/C12H5F12IO2/c13-7(14,9(17,26)11(19,20)21)4-1-5(3-6(25)2-4)8(15,16)10(18,27)12(22,23)24/h1-3,26-27H. The Kier molecular flexibility index (Phi) is 5.83. The maximum Gasteiger partial charge on any atom is 0.455 e. The molecule has 1 aromatic rings. The molecule has 0 aliphatic heterocycles. The first-order chi connectivity index (χ1) is 11.6. The molecule has 0 saturated carbocycles. The summed E-state index contributed by atoms with van der Waals surface area (Å²) in [5, 5.41) is 16.9. The van der Waals surface area contributed by atoms with E-state index in [9.17, 15) is 52.7 Å². The van der Waals surface area contributed by atoms with Gasteiger partial charge < -0.3 is 10.2 Å². The monoisotopic (exact) mass is 536 g/mol. The van der Waals surface area contributed by atoms with Crippen LogP contribution in [0.5, 0.6) is 0 Å². The van der Waals surface area contributed by atoms with Gasteiger partial charge in [0.15, 0.2) is 0 Å². The van der Waals surface area contributed by atoms with E-state index in [-0.39, 0.29) is 12.1 Å². The summed E-state index contributed by atoms with van der Waals surface area (Å²) in [6, 6.07) is -0.933. The molecule has 0 fully saturated rings. The first-order valence-corrected chi connectivity index (χ1v) is 7.21. The Hall–Kier alpha value is -0.970. The fraction of sp³-hybridized carbons (Fsp3) is 0.500. The molecule has 1 rings (SSSR count). The molecule has 0 aliphatic carbocycles. The van der Waals surface area contributed by atoms with Gasteiger partial charge >= 0.3 is 35.9 Å². The maximum absolute atomic E-state index is 13.7. The Bertz CT molecular complexity index is 651. The maximum atomic E-state index is 13.7. The second-order valence-electron chi connectivity index (χ2n) is 5.12. The van der Waals surface area contributed by atoms with E-state index in [1.807, 2.05) is 0 Å². The third-order valence-electron chi connectivity index (χ3n) is 3.21. The molecule has 0 aliphatic rings. The summed E-state index contributed by atoms with van der Waals surface area (Å²) in [5.41, 5.74) is -4.69. The van der Waals surface area contributed by atoms with Gasteiger partial charge in [0.25, 0.3) is 0 Å². The zero-order chi connectivity index (χ0) is 21.9. The van der Waals surface area contributed by atoms with Crippen molar-refractivity contribution in [1.29, 1.82) is 0 Å². The van der Waals surface area contributed by atoms with E-state index in [4.69, 9.17) is 10.2 Å². The van der Waals surface area contributed by atoms with Crippen LogP contribution in [0.1, 0.15) is 11.1 Å². The van der Waals surface area contributed by atoms with E-state index in [2.05, 4.69) is 0 Å². The average Bonchev–Trinajstić information content (AvgIpc) is 2.43. The molecule has 2 unspecified atom stereocenters. The topological polar surface area (TPSA) is 40.5 Å². The van der Waals surface area contributed by atoms with Gasteiger partial charge in [-0.1, -0.05) is 0 Å². The van der Waals surface area contributed by atoms with Gasteiger partial charge in [0.2, 0.25) is 0 Å². The summed E-state index contributed by atoms with van der Waals surface area (Å²) in [5.74, 6) is -24.6. The van der Waals surface area contributed by atoms with Gasteiger partial charge in [0.1, 0.15) is 0 Å². The molecule has 15 heteroatoms. The van der Waals surface area contributed by atoms with Crippen LogP contribution in [0.15, 0.2) is 18.2 Å². The number of aliphatic hydroxyl groups is 2. The number of hydrogen-bond donors (Lipinski definition) is 2. The van der Waals surface area contributed by atoms with Crippen LogP contribution in [0.2, 0.25) is 0 Å². The number of halogens is 13. The van der Waals surface area contributed by atoms with E-state index in [0.717, 1.165) is 22.6 Å². The van der Waals surface area contributed by atoms with Crippen LogP contribution in [0.25, 0.3) is 0 Å². The van der Waals surface area contributed by atoms with Crippen LogP contribution >= 0.6 is 22.6 Å². The van der Waals surface area contributed by atoms with E-state index in [1.165, 1.54) is 0 Å². The minimum absolute atomic E-state index is 0.0682. The quantitative estimate of drug-likeness (QED) is 0.425.